The Balaban J connectivity index is 2.82. The summed E-state index contributed by atoms with van der Waals surface area (Å²) in [5.74, 6) is 0.709. The molecule has 0 aromatic carbocycles. The van der Waals surface area contributed by atoms with Crippen molar-refractivity contribution in [1.82, 2.24) is 4.98 Å². The Labute approximate surface area is 118 Å². The normalized spacial score (nSPS) is 13.5. The number of nitrogens with two attached hydrogens (primary N) is 1. The van der Waals surface area contributed by atoms with Gasteiger partial charge in [-0.15, -0.1) is 0 Å². The van der Waals surface area contributed by atoms with Gasteiger partial charge in [-0.25, -0.2) is 0 Å². The molecule has 3 nitrogen and oxygen atoms in total. The third kappa shape index (κ3) is 4.84. The van der Waals surface area contributed by atoms with Crippen LogP contribution in [0.1, 0.15) is 24.7 Å². The first-order valence-electron chi connectivity index (χ1n) is 5.86. The van der Waals surface area contributed by atoms with E-state index in [1.807, 2.05) is 26.0 Å². The third-order valence-electron chi connectivity index (χ3n) is 2.54. The maximum absolute atomic E-state index is 5.95. The second-order valence-electron chi connectivity index (χ2n) is 4.11. The first-order valence-corrected chi connectivity index (χ1v) is 6.68. The molecule has 0 bridgehead atoms. The lowest BCUT2D eigenvalue weighted by molar-refractivity contribution is 0.351. The lowest BCUT2D eigenvalue weighted by atomic mass is 10.1. The third-order valence-corrected chi connectivity index (χ3v) is 3.13. The van der Waals surface area contributed by atoms with Crippen LogP contribution in [0.5, 0.6) is 5.75 Å². The Morgan fingerprint density at radius 3 is 2.89 bits per heavy atom. The quantitative estimate of drug-likeness (QED) is 0.873. The summed E-state index contributed by atoms with van der Waals surface area (Å²) >= 11 is 11.3. The fraction of sp³-hybridized carbons (Fsp3) is 0.462. The largest absolute Gasteiger partial charge is 0.486 e. The van der Waals surface area contributed by atoms with Crippen LogP contribution < -0.4 is 10.5 Å². The molecule has 0 saturated carbocycles. The molecular formula is C13H18Cl2N2O. The van der Waals surface area contributed by atoms with E-state index in [0.717, 1.165) is 17.8 Å². The molecule has 0 aliphatic rings. The van der Waals surface area contributed by atoms with E-state index < -0.39 is 0 Å². The highest BCUT2D eigenvalue weighted by Gasteiger charge is 2.10. The second kappa shape index (κ2) is 7.62. The van der Waals surface area contributed by atoms with Crippen LogP contribution >= 0.6 is 23.2 Å². The fourth-order valence-corrected chi connectivity index (χ4v) is 1.56. The lowest BCUT2D eigenvalue weighted by Gasteiger charge is -2.14. The average Bonchev–Trinajstić information content (AvgIpc) is 2.37. The van der Waals surface area contributed by atoms with Gasteiger partial charge in [-0.1, -0.05) is 30.1 Å². The van der Waals surface area contributed by atoms with Gasteiger partial charge >= 0.3 is 0 Å². The summed E-state index contributed by atoms with van der Waals surface area (Å²) in [4.78, 5) is 4.46. The minimum Gasteiger partial charge on any atom is -0.486 e. The second-order valence-corrected chi connectivity index (χ2v) is 4.82. The molecule has 1 atom stereocenters. The molecule has 1 rings (SSSR count). The molecule has 18 heavy (non-hydrogen) atoms. The maximum atomic E-state index is 5.95. The summed E-state index contributed by atoms with van der Waals surface area (Å²) in [6, 6.07) is 3.87. The summed E-state index contributed by atoms with van der Waals surface area (Å²) in [5, 5.41) is 0.447. The summed E-state index contributed by atoms with van der Waals surface area (Å²) in [5.41, 5.74) is 9.05. The first kappa shape index (κ1) is 15.3. The highest BCUT2D eigenvalue weighted by molar-refractivity contribution is 6.36. The Morgan fingerprint density at radius 2 is 2.28 bits per heavy atom. The zero-order valence-corrected chi connectivity index (χ0v) is 12.1. The van der Waals surface area contributed by atoms with Gasteiger partial charge in [0.2, 0.25) is 0 Å². The molecule has 5 heteroatoms. The molecule has 0 saturated heterocycles. The summed E-state index contributed by atoms with van der Waals surface area (Å²) in [7, 11) is 0. The highest BCUT2D eigenvalue weighted by atomic mass is 35.5. The first-order chi connectivity index (χ1) is 8.56. The monoisotopic (exact) mass is 288 g/mol. The van der Waals surface area contributed by atoms with Crippen LogP contribution in [0, 0.1) is 6.92 Å². The zero-order chi connectivity index (χ0) is 13.5. The van der Waals surface area contributed by atoms with Gasteiger partial charge < -0.3 is 10.5 Å². The molecule has 1 aromatic heterocycles. The molecule has 0 radical (unpaired) electrons. The molecule has 0 aliphatic carbocycles. The molecule has 1 unspecified atom stereocenters. The minimum atomic E-state index is 0.0840. The van der Waals surface area contributed by atoms with Gasteiger partial charge in [0.25, 0.3) is 0 Å². The molecule has 0 fully saturated rings. The van der Waals surface area contributed by atoms with Gasteiger partial charge in [-0.05, 0) is 25.5 Å². The number of aryl methyl sites for hydroxylation is 1. The van der Waals surface area contributed by atoms with Crippen molar-refractivity contribution in [2.75, 3.05) is 6.61 Å². The van der Waals surface area contributed by atoms with E-state index in [-0.39, 0.29) is 12.6 Å². The van der Waals surface area contributed by atoms with Gasteiger partial charge in [-0.2, -0.15) is 0 Å². The Bertz CT molecular complexity index is 421. The van der Waals surface area contributed by atoms with E-state index >= 15 is 0 Å². The lowest BCUT2D eigenvalue weighted by Crippen LogP contribution is -2.22. The van der Waals surface area contributed by atoms with Crippen molar-refractivity contribution in [3.8, 4) is 5.75 Å². The Hall–Kier alpha value is -0.770. The van der Waals surface area contributed by atoms with Crippen LogP contribution in [-0.2, 0) is 6.42 Å². The summed E-state index contributed by atoms with van der Waals surface area (Å²) in [6.45, 7) is 4.23. The molecule has 0 aliphatic heterocycles. The van der Waals surface area contributed by atoms with Gasteiger partial charge in [-0.3, -0.25) is 4.98 Å². The van der Waals surface area contributed by atoms with E-state index in [1.165, 1.54) is 5.54 Å². The SMILES string of the molecule is CCC(N)Cc1nc(C)ccc1OCC(Cl)=CCl. The predicted octanol–water partition coefficient (Wildman–Crippen LogP) is 3.37. The maximum Gasteiger partial charge on any atom is 0.141 e. The van der Waals surface area contributed by atoms with Crippen molar-refractivity contribution >= 4 is 23.2 Å². The van der Waals surface area contributed by atoms with Crippen LogP contribution in [-0.4, -0.2) is 17.6 Å². The number of halogens is 2. The summed E-state index contributed by atoms with van der Waals surface area (Å²) in [6.07, 6.45) is 1.59. The number of nitrogens with zero attached hydrogens (tertiary/aromatic N) is 1. The minimum absolute atomic E-state index is 0.0840. The predicted molar refractivity (Wildman–Crippen MR) is 76.2 cm³/mol. The zero-order valence-electron chi connectivity index (χ0n) is 10.6. The van der Waals surface area contributed by atoms with Gasteiger partial charge in [0.1, 0.15) is 12.4 Å². The number of hydrogen-bond acceptors (Lipinski definition) is 3. The number of pyridine rings is 1. The molecule has 0 amide bonds. The topological polar surface area (TPSA) is 48.1 Å². The number of rotatable bonds is 6. The van der Waals surface area contributed by atoms with E-state index in [0.29, 0.717) is 17.2 Å². The van der Waals surface area contributed by atoms with Crippen LogP contribution in [0.25, 0.3) is 0 Å². The average molecular weight is 289 g/mol. The van der Waals surface area contributed by atoms with Crippen molar-refractivity contribution < 1.29 is 4.74 Å². The van der Waals surface area contributed by atoms with Crippen molar-refractivity contribution in [1.29, 1.82) is 0 Å². The highest BCUT2D eigenvalue weighted by Crippen LogP contribution is 2.20. The van der Waals surface area contributed by atoms with E-state index in [2.05, 4.69) is 4.98 Å². The van der Waals surface area contributed by atoms with Crippen LogP contribution in [0.3, 0.4) is 0 Å². The van der Waals surface area contributed by atoms with Gasteiger partial charge in [0.05, 0.1) is 10.7 Å². The van der Waals surface area contributed by atoms with Gasteiger partial charge in [0, 0.05) is 23.7 Å². The fourth-order valence-electron chi connectivity index (χ4n) is 1.45. The standard InChI is InChI=1S/C13H18Cl2N2O/c1-3-11(16)6-12-13(5-4-9(2)17-12)18-8-10(15)7-14/h4-5,7,11H,3,6,8,16H2,1-2H3. The molecular weight excluding hydrogens is 271 g/mol. The van der Waals surface area contributed by atoms with E-state index in [4.69, 9.17) is 33.7 Å². The molecule has 1 aromatic rings. The smallest absolute Gasteiger partial charge is 0.141 e. The van der Waals surface area contributed by atoms with E-state index in [1.54, 1.807) is 0 Å². The van der Waals surface area contributed by atoms with Crippen molar-refractivity contribution in [2.45, 2.75) is 32.7 Å². The Kier molecular flexibility index (Phi) is 6.47. The number of aromatic nitrogens is 1. The summed E-state index contributed by atoms with van der Waals surface area (Å²) < 4.78 is 5.59. The van der Waals surface area contributed by atoms with Crippen LogP contribution in [0.4, 0.5) is 0 Å². The number of hydrogen-bond donors (Lipinski definition) is 1. The molecule has 100 valence electrons. The van der Waals surface area contributed by atoms with Crippen LogP contribution in [0.15, 0.2) is 22.7 Å². The van der Waals surface area contributed by atoms with Crippen molar-refractivity contribution in [3.05, 3.63) is 34.1 Å². The molecule has 0 spiro atoms. The van der Waals surface area contributed by atoms with Crippen molar-refractivity contribution in [2.24, 2.45) is 5.73 Å². The Morgan fingerprint density at radius 1 is 1.56 bits per heavy atom. The molecule has 2 N–H and O–H groups in total. The molecule has 1 heterocycles. The van der Waals surface area contributed by atoms with Crippen LogP contribution in [0.2, 0.25) is 0 Å². The number of ether oxygens (including phenoxy) is 1. The van der Waals surface area contributed by atoms with Gasteiger partial charge in [0.15, 0.2) is 0 Å². The van der Waals surface area contributed by atoms with Crippen molar-refractivity contribution in [3.63, 3.8) is 0 Å². The van der Waals surface area contributed by atoms with E-state index in [9.17, 15) is 0 Å².